The molecule has 4 N–H and O–H groups in total. The molecule has 0 spiro atoms. The number of hydrogen-bond donors (Lipinski definition) is 3. The van der Waals surface area contributed by atoms with Crippen LogP contribution in [0.3, 0.4) is 0 Å². The first kappa shape index (κ1) is 11.7. The van der Waals surface area contributed by atoms with Gasteiger partial charge in [-0.25, -0.2) is 4.98 Å². The van der Waals surface area contributed by atoms with Crippen molar-refractivity contribution < 1.29 is 0 Å². The maximum absolute atomic E-state index is 11.8. The molecule has 0 fully saturated rings. The third-order valence-corrected chi connectivity index (χ3v) is 4.78. The number of nitrogens with zero attached hydrogens (tertiary/aromatic N) is 2. The van der Waals surface area contributed by atoms with Gasteiger partial charge in [-0.2, -0.15) is 4.98 Å². The van der Waals surface area contributed by atoms with Gasteiger partial charge in [0.25, 0.3) is 5.56 Å². The van der Waals surface area contributed by atoms with E-state index >= 15 is 0 Å². The topological polar surface area (TPSA) is 100 Å². The van der Waals surface area contributed by atoms with Crippen LogP contribution in [0.25, 0.3) is 11.2 Å². The van der Waals surface area contributed by atoms with Crippen molar-refractivity contribution in [3.05, 3.63) is 38.1 Å². The Morgan fingerprint density at radius 3 is 3.15 bits per heavy atom. The molecule has 3 heterocycles. The highest BCUT2D eigenvalue weighted by Crippen LogP contribution is 2.38. The highest BCUT2D eigenvalue weighted by atomic mass is 32.1. The van der Waals surface area contributed by atoms with Crippen LogP contribution in [0.2, 0.25) is 0 Å². The molecule has 0 bridgehead atoms. The lowest BCUT2D eigenvalue weighted by Crippen LogP contribution is -2.11. The summed E-state index contributed by atoms with van der Waals surface area (Å²) in [5.41, 5.74) is 7.40. The number of aromatic amines is 2. The average Bonchev–Trinajstić information content (AvgIpc) is 3.03. The Hall–Kier alpha value is -2.15. The molecule has 0 saturated heterocycles. The van der Waals surface area contributed by atoms with Gasteiger partial charge in [0.2, 0.25) is 5.95 Å². The van der Waals surface area contributed by atoms with Gasteiger partial charge in [-0.05, 0) is 36.3 Å². The molecule has 3 aromatic heterocycles. The third-order valence-electron chi connectivity index (χ3n) is 3.78. The number of aryl methyl sites for hydroxylation is 1. The second-order valence-electron chi connectivity index (χ2n) is 5.02. The van der Waals surface area contributed by atoms with Crippen molar-refractivity contribution in [3.63, 3.8) is 0 Å². The van der Waals surface area contributed by atoms with E-state index in [1.165, 1.54) is 10.4 Å². The first-order valence-corrected chi connectivity index (χ1v) is 7.42. The molecule has 4 rings (SSSR count). The first-order chi connectivity index (χ1) is 9.72. The van der Waals surface area contributed by atoms with E-state index < -0.39 is 0 Å². The van der Waals surface area contributed by atoms with Crippen molar-refractivity contribution in [1.82, 2.24) is 19.9 Å². The number of anilines is 1. The van der Waals surface area contributed by atoms with Gasteiger partial charge in [0.05, 0.1) is 0 Å². The predicted molar refractivity (Wildman–Crippen MR) is 78.0 cm³/mol. The van der Waals surface area contributed by atoms with E-state index in [2.05, 4.69) is 31.4 Å². The van der Waals surface area contributed by atoms with Crippen LogP contribution >= 0.6 is 11.3 Å². The van der Waals surface area contributed by atoms with Crippen molar-refractivity contribution in [1.29, 1.82) is 0 Å². The zero-order valence-corrected chi connectivity index (χ0v) is 11.5. The smallest absolute Gasteiger partial charge is 0.278 e. The molecule has 1 atom stereocenters. The van der Waals surface area contributed by atoms with Crippen LogP contribution in [0.15, 0.2) is 16.2 Å². The Morgan fingerprint density at radius 1 is 1.35 bits per heavy atom. The fourth-order valence-corrected chi connectivity index (χ4v) is 3.86. The number of H-pyrrole nitrogens is 2. The zero-order valence-electron chi connectivity index (χ0n) is 10.6. The Labute approximate surface area is 118 Å². The minimum atomic E-state index is -0.271. The van der Waals surface area contributed by atoms with Crippen molar-refractivity contribution in [3.8, 4) is 0 Å². The molecule has 102 valence electrons. The summed E-state index contributed by atoms with van der Waals surface area (Å²) >= 11 is 1.79. The summed E-state index contributed by atoms with van der Waals surface area (Å²) in [6.07, 6.45) is 3.31. The number of imidazole rings is 1. The lowest BCUT2D eigenvalue weighted by Gasteiger charge is -2.20. The number of fused-ring (bicyclic) bond motifs is 2. The first-order valence-electron chi connectivity index (χ1n) is 6.54. The maximum atomic E-state index is 11.8. The number of hydrogen-bond acceptors (Lipinski definition) is 5. The van der Waals surface area contributed by atoms with Crippen molar-refractivity contribution in [2.45, 2.75) is 25.2 Å². The number of aromatic nitrogens is 4. The fraction of sp³-hybridized carbons (Fsp3) is 0.308. The fourth-order valence-electron chi connectivity index (χ4n) is 2.88. The number of nitrogens with one attached hydrogen (secondary N) is 2. The third kappa shape index (κ3) is 1.66. The molecule has 3 aromatic rings. The molecule has 0 saturated carbocycles. The van der Waals surface area contributed by atoms with E-state index in [-0.39, 0.29) is 17.4 Å². The van der Waals surface area contributed by atoms with Gasteiger partial charge in [-0.15, -0.1) is 11.3 Å². The molecule has 0 aliphatic heterocycles. The van der Waals surface area contributed by atoms with Crippen molar-refractivity contribution in [2.24, 2.45) is 0 Å². The van der Waals surface area contributed by atoms with E-state index in [0.717, 1.165) is 25.1 Å². The maximum Gasteiger partial charge on any atom is 0.278 e. The minimum absolute atomic E-state index is 0.0976. The quantitative estimate of drug-likeness (QED) is 0.634. The lowest BCUT2D eigenvalue weighted by atomic mass is 9.87. The van der Waals surface area contributed by atoms with E-state index in [1.54, 1.807) is 11.3 Å². The van der Waals surface area contributed by atoms with Crippen LogP contribution in [0.4, 0.5) is 5.95 Å². The van der Waals surface area contributed by atoms with E-state index in [9.17, 15) is 4.79 Å². The molecule has 20 heavy (non-hydrogen) atoms. The van der Waals surface area contributed by atoms with E-state index in [4.69, 9.17) is 5.73 Å². The summed E-state index contributed by atoms with van der Waals surface area (Å²) in [6, 6.07) is 2.16. The summed E-state index contributed by atoms with van der Waals surface area (Å²) in [5, 5.41) is 2.12. The summed E-state index contributed by atoms with van der Waals surface area (Å²) in [5.74, 6) is 1.13. The number of thiophene rings is 1. The van der Waals surface area contributed by atoms with Crippen molar-refractivity contribution in [2.75, 3.05) is 5.73 Å². The normalized spacial score (nSPS) is 18.3. The summed E-state index contributed by atoms with van der Waals surface area (Å²) in [6.45, 7) is 0. The van der Waals surface area contributed by atoms with Gasteiger partial charge in [-0.3, -0.25) is 9.78 Å². The van der Waals surface area contributed by atoms with Gasteiger partial charge >= 0.3 is 0 Å². The van der Waals surface area contributed by atoms with Gasteiger partial charge < -0.3 is 10.7 Å². The highest BCUT2D eigenvalue weighted by Gasteiger charge is 2.26. The van der Waals surface area contributed by atoms with Crippen LogP contribution in [0.5, 0.6) is 0 Å². The Morgan fingerprint density at radius 2 is 2.25 bits per heavy atom. The van der Waals surface area contributed by atoms with Crippen LogP contribution in [0, 0.1) is 0 Å². The standard InChI is InChI=1S/C13H13N5OS/c14-13-17-11-9(12(19)18-13)15-10(16-11)7-2-1-3-8-6(7)4-5-20-8/h4-5,7H,1-3H2,(H4,14,15,16,17,18,19). The molecular formula is C13H13N5OS. The largest absolute Gasteiger partial charge is 0.369 e. The zero-order chi connectivity index (χ0) is 13.7. The molecule has 1 unspecified atom stereocenters. The van der Waals surface area contributed by atoms with Crippen LogP contribution in [-0.4, -0.2) is 19.9 Å². The molecule has 1 aliphatic rings. The number of nitrogen functional groups attached to an aromatic ring is 1. The second kappa shape index (κ2) is 4.17. The van der Waals surface area contributed by atoms with Crippen LogP contribution < -0.4 is 11.3 Å². The molecule has 0 amide bonds. The minimum Gasteiger partial charge on any atom is -0.369 e. The van der Waals surface area contributed by atoms with Gasteiger partial charge in [0.1, 0.15) is 5.82 Å². The highest BCUT2D eigenvalue weighted by molar-refractivity contribution is 7.10. The van der Waals surface area contributed by atoms with Gasteiger partial charge in [-0.1, -0.05) is 0 Å². The number of nitrogens with two attached hydrogens (primary N) is 1. The Bertz CT molecular complexity index is 846. The summed E-state index contributed by atoms with van der Waals surface area (Å²) < 4.78 is 0. The molecular weight excluding hydrogens is 274 g/mol. The van der Waals surface area contributed by atoms with Crippen LogP contribution in [-0.2, 0) is 6.42 Å². The Kier molecular flexibility index (Phi) is 2.43. The lowest BCUT2D eigenvalue weighted by molar-refractivity contribution is 0.604. The molecule has 0 radical (unpaired) electrons. The molecule has 6 nitrogen and oxygen atoms in total. The van der Waals surface area contributed by atoms with E-state index in [0.29, 0.717) is 11.2 Å². The monoisotopic (exact) mass is 287 g/mol. The second-order valence-corrected chi connectivity index (χ2v) is 6.02. The SMILES string of the molecule is Nc1nc2nc(C3CCCc4sccc43)[nH]c2c(=O)[nH]1. The van der Waals surface area contributed by atoms with E-state index in [1.807, 2.05) is 0 Å². The molecule has 7 heteroatoms. The molecule has 0 aromatic carbocycles. The Balaban J connectivity index is 1.88. The average molecular weight is 287 g/mol. The number of rotatable bonds is 1. The summed E-state index contributed by atoms with van der Waals surface area (Å²) in [4.78, 5) is 27.4. The van der Waals surface area contributed by atoms with Gasteiger partial charge in [0.15, 0.2) is 11.2 Å². The van der Waals surface area contributed by atoms with Crippen molar-refractivity contribution >= 4 is 28.4 Å². The van der Waals surface area contributed by atoms with Crippen LogP contribution in [0.1, 0.15) is 35.0 Å². The summed E-state index contributed by atoms with van der Waals surface area (Å²) in [7, 11) is 0. The predicted octanol–water partition coefficient (Wildman–Crippen LogP) is 1.76. The van der Waals surface area contributed by atoms with Gasteiger partial charge in [0, 0.05) is 10.8 Å². The molecule has 1 aliphatic carbocycles.